The molecule has 0 bridgehead atoms. The SMILES string of the molecule is CNC(C)C(=O)NC(C(=O)N1CC(O)CC1Cc1cn(C(=O)C2CCC(=O)O2)c2ncccc12)C(C)OC. The molecule has 0 saturated carbocycles. The summed E-state index contributed by atoms with van der Waals surface area (Å²) < 4.78 is 12.0. The highest BCUT2D eigenvalue weighted by Crippen LogP contribution is 2.29. The van der Waals surface area contributed by atoms with Crippen molar-refractivity contribution in [2.75, 3.05) is 20.7 Å². The van der Waals surface area contributed by atoms with Gasteiger partial charge in [0, 0.05) is 50.3 Å². The van der Waals surface area contributed by atoms with Crippen LogP contribution in [0.15, 0.2) is 24.5 Å². The van der Waals surface area contributed by atoms with Crippen molar-refractivity contribution in [2.45, 2.75) is 76.0 Å². The Bertz CT molecular complexity index is 1210. The number of aromatic nitrogens is 2. The number of cyclic esters (lactones) is 1. The molecule has 2 aromatic rings. The second-order valence-corrected chi connectivity index (χ2v) is 9.93. The standard InChI is InChI=1S/C26H35N5O7/c1-14(27-3)24(34)29-22(15(2)37-4)26(36)30-13-18(32)11-17(30)10-16-12-31(23-19(16)6-5-9-28-23)25(35)20-7-8-21(33)38-20/h5-6,9,12,14-15,17-18,20,22,27,32H,7-8,10-11,13H2,1-4H3,(H,29,34). The Morgan fingerprint density at radius 3 is 2.74 bits per heavy atom. The number of rotatable bonds is 9. The number of hydrogen-bond donors (Lipinski definition) is 3. The van der Waals surface area contributed by atoms with Crippen LogP contribution in [0.25, 0.3) is 11.0 Å². The molecule has 2 aromatic heterocycles. The highest BCUT2D eigenvalue weighted by molar-refractivity contribution is 5.96. The number of carbonyl (C=O) groups is 4. The maximum absolute atomic E-state index is 13.7. The van der Waals surface area contributed by atoms with Crippen LogP contribution in [0.1, 0.15) is 43.5 Å². The summed E-state index contributed by atoms with van der Waals surface area (Å²) in [5.74, 6) is -1.47. The molecule has 4 rings (SSSR count). The minimum atomic E-state index is -0.947. The number of aliphatic hydroxyl groups excluding tert-OH is 1. The maximum Gasteiger partial charge on any atom is 0.306 e. The molecular formula is C26H35N5O7. The Kier molecular flexibility index (Phi) is 8.44. The van der Waals surface area contributed by atoms with Crippen LogP contribution in [0.4, 0.5) is 0 Å². The number of nitrogens with one attached hydrogen (secondary N) is 2. The van der Waals surface area contributed by atoms with E-state index in [0.717, 1.165) is 10.9 Å². The van der Waals surface area contributed by atoms with E-state index < -0.39 is 36.4 Å². The number of aliphatic hydroxyl groups is 1. The second kappa shape index (κ2) is 11.6. The van der Waals surface area contributed by atoms with Crippen LogP contribution in [0.2, 0.25) is 0 Å². The van der Waals surface area contributed by atoms with Gasteiger partial charge < -0.3 is 30.1 Å². The summed E-state index contributed by atoms with van der Waals surface area (Å²) in [5, 5.41) is 16.9. The van der Waals surface area contributed by atoms with Gasteiger partial charge in [0.15, 0.2) is 6.10 Å². The highest BCUT2D eigenvalue weighted by atomic mass is 16.6. The van der Waals surface area contributed by atoms with Crippen LogP contribution in [-0.4, -0.2) is 100 Å². The van der Waals surface area contributed by atoms with E-state index in [1.54, 1.807) is 44.3 Å². The summed E-state index contributed by atoms with van der Waals surface area (Å²) in [5.41, 5.74) is 1.21. The van der Waals surface area contributed by atoms with Crippen LogP contribution >= 0.6 is 0 Å². The zero-order valence-electron chi connectivity index (χ0n) is 22.0. The van der Waals surface area contributed by atoms with Gasteiger partial charge in [-0.05, 0) is 51.4 Å². The first-order valence-corrected chi connectivity index (χ1v) is 12.8. The van der Waals surface area contributed by atoms with Gasteiger partial charge in [0.1, 0.15) is 11.7 Å². The molecule has 206 valence electrons. The minimum Gasteiger partial charge on any atom is -0.452 e. The van der Waals surface area contributed by atoms with Crippen molar-refractivity contribution in [3.05, 3.63) is 30.1 Å². The van der Waals surface area contributed by atoms with E-state index in [-0.39, 0.29) is 36.7 Å². The van der Waals surface area contributed by atoms with Crippen molar-refractivity contribution in [1.29, 1.82) is 0 Å². The number of β-amino-alcohol motifs (C(OH)–C–C–N with tert-alkyl or cyclic N) is 1. The van der Waals surface area contributed by atoms with Crippen LogP contribution in [0.3, 0.4) is 0 Å². The molecule has 0 aromatic carbocycles. The smallest absolute Gasteiger partial charge is 0.306 e. The van der Waals surface area contributed by atoms with Gasteiger partial charge >= 0.3 is 5.97 Å². The molecule has 0 radical (unpaired) electrons. The molecule has 2 amide bonds. The zero-order chi connectivity index (χ0) is 27.6. The van der Waals surface area contributed by atoms with Crippen molar-refractivity contribution < 1.29 is 33.8 Å². The van der Waals surface area contributed by atoms with E-state index in [0.29, 0.717) is 24.9 Å². The lowest BCUT2D eigenvalue weighted by molar-refractivity contribution is -0.141. The van der Waals surface area contributed by atoms with Crippen LogP contribution in [-0.2, 0) is 30.3 Å². The number of pyridine rings is 1. The maximum atomic E-state index is 13.7. The minimum absolute atomic E-state index is 0.113. The van der Waals surface area contributed by atoms with Gasteiger partial charge in [0.25, 0.3) is 5.91 Å². The summed E-state index contributed by atoms with van der Waals surface area (Å²) in [6.45, 7) is 3.51. The van der Waals surface area contributed by atoms with E-state index in [1.165, 1.54) is 11.7 Å². The van der Waals surface area contributed by atoms with Gasteiger partial charge in [0.05, 0.1) is 18.2 Å². The number of hydrogen-bond acceptors (Lipinski definition) is 9. The summed E-state index contributed by atoms with van der Waals surface area (Å²) in [6, 6.07) is 1.76. The number of likely N-dealkylation sites (N-methyl/N-ethyl adjacent to an activating group) is 1. The number of likely N-dealkylation sites (tertiary alicyclic amines) is 1. The number of methoxy groups -OCH3 is 1. The molecule has 6 atom stereocenters. The third-order valence-corrected chi connectivity index (χ3v) is 7.41. The van der Waals surface area contributed by atoms with Gasteiger partial charge in [-0.1, -0.05) is 0 Å². The first-order chi connectivity index (χ1) is 18.1. The van der Waals surface area contributed by atoms with Gasteiger partial charge in [-0.3, -0.25) is 23.7 Å². The number of ether oxygens (including phenoxy) is 2. The largest absolute Gasteiger partial charge is 0.452 e. The molecule has 6 unspecified atom stereocenters. The fourth-order valence-corrected chi connectivity index (χ4v) is 5.02. The molecule has 12 heteroatoms. The monoisotopic (exact) mass is 529 g/mol. The fraction of sp³-hybridized carbons (Fsp3) is 0.577. The average Bonchev–Trinajstić information content (AvgIpc) is 3.62. The summed E-state index contributed by atoms with van der Waals surface area (Å²) >= 11 is 0. The molecule has 2 fully saturated rings. The number of carbonyl (C=O) groups excluding carboxylic acids is 4. The van der Waals surface area contributed by atoms with Crippen LogP contribution in [0.5, 0.6) is 0 Å². The second-order valence-electron chi connectivity index (χ2n) is 9.93. The van der Waals surface area contributed by atoms with E-state index in [9.17, 15) is 24.3 Å². The average molecular weight is 530 g/mol. The first kappa shape index (κ1) is 27.7. The van der Waals surface area contributed by atoms with Crippen molar-refractivity contribution in [3.8, 4) is 0 Å². The van der Waals surface area contributed by atoms with Gasteiger partial charge in [-0.2, -0.15) is 0 Å². The number of fused-ring (bicyclic) bond motifs is 1. The molecule has 38 heavy (non-hydrogen) atoms. The van der Waals surface area contributed by atoms with Crippen molar-refractivity contribution >= 4 is 34.7 Å². The van der Waals surface area contributed by atoms with Crippen molar-refractivity contribution in [1.82, 2.24) is 25.1 Å². The summed E-state index contributed by atoms with van der Waals surface area (Å²) in [7, 11) is 3.12. The number of esters is 1. The van der Waals surface area contributed by atoms with Crippen molar-refractivity contribution in [3.63, 3.8) is 0 Å². The first-order valence-electron chi connectivity index (χ1n) is 12.8. The lowest BCUT2D eigenvalue weighted by atomic mass is 10.0. The zero-order valence-corrected chi connectivity index (χ0v) is 22.0. The topological polar surface area (TPSA) is 152 Å². The third kappa shape index (κ3) is 5.57. The summed E-state index contributed by atoms with van der Waals surface area (Å²) in [4.78, 5) is 56.9. The molecule has 0 spiro atoms. The molecule has 2 aliphatic rings. The third-order valence-electron chi connectivity index (χ3n) is 7.41. The summed E-state index contributed by atoms with van der Waals surface area (Å²) in [6.07, 6.45) is 2.24. The van der Waals surface area contributed by atoms with Crippen LogP contribution < -0.4 is 10.6 Å². The number of amides is 2. The lowest BCUT2D eigenvalue weighted by Crippen LogP contribution is -2.58. The molecule has 4 heterocycles. The van der Waals surface area contributed by atoms with Gasteiger partial charge in [-0.15, -0.1) is 0 Å². The van der Waals surface area contributed by atoms with E-state index in [1.807, 2.05) is 6.07 Å². The van der Waals surface area contributed by atoms with Crippen molar-refractivity contribution in [2.24, 2.45) is 0 Å². The van der Waals surface area contributed by atoms with Gasteiger partial charge in [-0.25, -0.2) is 4.98 Å². The van der Waals surface area contributed by atoms with E-state index >= 15 is 0 Å². The Morgan fingerprint density at radius 1 is 1.32 bits per heavy atom. The highest BCUT2D eigenvalue weighted by Gasteiger charge is 2.41. The lowest BCUT2D eigenvalue weighted by Gasteiger charge is -2.32. The van der Waals surface area contributed by atoms with E-state index in [2.05, 4.69) is 15.6 Å². The van der Waals surface area contributed by atoms with E-state index in [4.69, 9.17) is 9.47 Å². The Balaban J connectivity index is 1.60. The van der Waals surface area contributed by atoms with Gasteiger partial charge in [0.2, 0.25) is 11.8 Å². The molecule has 2 aliphatic heterocycles. The number of nitrogens with zero attached hydrogens (tertiary/aromatic N) is 3. The Labute approximate surface area is 220 Å². The predicted molar refractivity (Wildman–Crippen MR) is 136 cm³/mol. The normalized spacial score (nSPS) is 23.8. The Morgan fingerprint density at radius 2 is 2.08 bits per heavy atom. The molecule has 12 nitrogen and oxygen atoms in total. The fourth-order valence-electron chi connectivity index (χ4n) is 5.02. The molecule has 2 saturated heterocycles. The quantitative estimate of drug-likeness (QED) is 0.382. The molecule has 3 N–H and O–H groups in total. The Hall–Kier alpha value is -3.35. The molecule has 0 aliphatic carbocycles. The molecular weight excluding hydrogens is 494 g/mol. The predicted octanol–water partition coefficient (Wildman–Crippen LogP) is 0.0140. The van der Waals surface area contributed by atoms with Crippen LogP contribution in [0, 0.1) is 0 Å².